The largest absolute Gasteiger partial charge is 0.478 e. The van der Waals surface area contributed by atoms with Crippen LogP contribution in [0.15, 0.2) is 12.3 Å². The summed E-state index contributed by atoms with van der Waals surface area (Å²) in [4.78, 5) is 20.2. The summed E-state index contributed by atoms with van der Waals surface area (Å²) in [5.41, 5.74) is 0. The first kappa shape index (κ1) is 9.64. The minimum absolute atomic E-state index is 0.135. The predicted octanol–water partition coefficient (Wildman–Crippen LogP) is -0.490. The summed E-state index contributed by atoms with van der Waals surface area (Å²) in [6, 6.07) is 0. The summed E-state index contributed by atoms with van der Waals surface area (Å²) in [6.07, 6.45) is 1.32. The number of rotatable bonds is 4. The monoisotopic (exact) mass is 160 g/mol. The number of aliphatic hydroxyl groups excluding tert-OH is 1. The van der Waals surface area contributed by atoms with E-state index in [4.69, 9.17) is 10.2 Å². The molecule has 0 aromatic rings. The molecule has 0 atom stereocenters. The van der Waals surface area contributed by atoms with Crippen LogP contribution in [-0.2, 0) is 14.3 Å². The van der Waals surface area contributed by atoms with Gasteiger partial charge in [0.25, 0.3) is 0 Å². The van der Waals surface area contributed by atoms with Crippen LogP contribution in [0.2, 0.25) is 0 Å². The van der Waals surface area contributed by atoms with E-state index < -0.39 is 11.9 Å². The quantitative estimate of drug-likeness (QED) is 0.329. The van der Waals surface area contributed by atoms with Crippen LogP contribution < -0.4 is 0 Å². The Labute approximate surface area is 62.9 Å². The first-order chi connectivity index (χ1) is 5.16. The first-order valence-electron chi connectivity index (χ1n) is 2.86. The van der Waals surface area contributed by atoms with Crippen molar-refractivity contribution in [3.05, 3.63) is 12.3 Å². The third-order valence-corrected chi connectivity index (χ3v) is 0.726. The molecule has 0 saturated carbocycles. The molecular weight excluding hydrogens is 152 g/mol. The Morgan fingerprint density at radius 1 is 1.45 bits per heavy atom. The van der Waals surface area contributed by atoms with E-state index in [0.29, 0.717) is 6.08 Å². The third-order valence-electron chi connectivity index (χ3n) is 0.726. The molecule has 0 aliphatic rings. The van der Waals surface area contributed by atoms with Crippen LogP contribution in [0.25, 0.3) is 0 Å². The molecule has 0 aliphatic heterocycles. The van der Waals surface area contributed by atoms with Crippen molar-refractivity contribution in [1.82, 2.24) is 0 Å². The Morgan fingerprint density at radius 3 is 2.55 bits per heavy atom. The average molecular weight is 160 g/mol. The molecule has 0 rings (SSSR count). The molecule has 0 spiro atoms. The maximum absolute atomic E-state index is 10.4. The van der Waals surface area contributed by atoms with Crippen molar-refractivity contribution < 1.29 is 24.5 Å². The topological polar surface area (TPSA) is 83.8 Å². The molecule has 0 aromatic heterocycles. The highest BCUT2D eigenvalue weighted by Gasteiger charge is 1.97. The van der Waals surface area contributed by atoms with Gasteiger partial charge in [0.1, 0.15) is 6.26 Å². The maximum atomic E-state index is 10.4. The van der Waals surface area contributed by atoms with Gasteiger partial charge in [0.15, 0.2) is 0 Å². The summed E-state index contributed by atoms with van der Waals surface area (Å²) in [7, 11) is 0. The van der Waals surface area contributed by atoms with E-state index in [1.165, 1.54) is 0 Å². The molecule has 0 fully saturated rings. The Morgan fingerprint density at radius 2 is 2.09 bits per heavy atom. The average Bonchev–Trinajstić information content (AvgIpc) is 1.87. The van der Waals surface area contributed by atoms with E-state index in [1.807, 2.05) is 0 Å². The van der Waals surface area contributed by atoms with Gasteiger partial charge in [-0.25, -0.2) is 4.79 Å². The van der Waals surface area contributed by atoms with E-state index in [9.17, 15) is 9.59 Å². The van der Waals surface area contributed by atoms with Gasteiger partial charge < -0.3 is 14.9 Å². The number of esters is 1. The number of carbonyl (C=O) groups excluding carboxylic acids is 1. The molecule has 0 unspecified atom stereocenters. The van der Waals surface area contributed by atoms with Gasteiger partial charge in [-0.2, -0.15) is 0 Å². The summed E-state index contributed by atoms with van der Waals surface area (Å²) in [5, 5.41) is 16.2. The van der Waals surface area contributed by atoms with Crippen LogP contribution in [-0.4, -0.2) is 28.8 Å². The molecule has 0 aromatic carbocycles. The fourth-order valence-corrected chi connectivity index (χ4v) is 0.318. The predicted molar refractivity (Wildman–Crippen MR) is 34.6 cm³/mol. The summed E-state index contributed by atoms with van der Waals surface area (Å²) in [6.45, 7) is -0.306. The highest BCUT2D eigenvalue weighted by Crippen LogP contribution is 1.85. The van der Waals surface area contributed by atoms with E-state index in [0.717, 1.165) is 6.26 Å². The van der Waals surface area contributed by atoms with Gasteiger partial charge in [0.05, 0.1) is 19.1 Å². The van der Waals surface area contributed by atoms with E-state index in [1.54, 1.807) is 0 Å². The fraction of sp³-hybridized carbons (Fsp3) is 0.333. The standard InChI is InChI=1S/C6H8O5/c7-3-1-6(10)11-4-2-5(8)9/h2,4,7H,1,3H2,(H,8,9)/b4-2+. The number of aliphatic hydroxyl groups is 1. The lowest BCUT2D eigenvalue weighted by molar-refractivity contribution is -0.138. The lowest BCUT2D eigenvalue weighted by Gasteiger charge is -1.93. The number of aliphatic carboxylic acids is 1. The van der Waals surface area contributed by atoms with E-state index in [-0.39, 0.29) is 13.0 Å². The van der Waals surface area contributed by atoms with Gasteiger partial charge in [0.2, 0.25) is 0 Å². The fourth-order valence-electron chi connectivity index (χ4n) is 0.318. The number of hydrogen-bond acceptors (Lipinski definition) is 4. The van der Waals surface area contributed by atoms with Crippen molar-refractivity contribution in [3.63, 3.8) is 0 Å². The highest BCUT2D eigenvalue weighted by atomic mass is 16.5. The minimum Gasteiger partial charge on any atom is -0.478 e. The van der Waals surface area contributed by atoms with Crippen LogP contribution >= 0.6 is 0 Å². The van der Waals surface area contributed by atoms with Crippen LogP contribution in [0, 0.1) is 0 Å². The maximum Gasteiger partial charge on any atom is 0.331 e. The van der Waals surface area contributed by atoms with Crippen molar-refractivity contribution in [2.45, 2.75) is 6.42 Å². The van der Waals surface area contributed by atoms with Crippen molar-refractivity contribution in [2.24, 2.45) is 0 Å². The zero-order valence-electron chi connectivity index (χ0n) is 5.69. The summed E-state index contributed by atoms with van der Waals surface area (Å²) >= 11 is 0. The van der Waals surface area contributed by atoms with Gasteiger partial charge in [-0.05, 0) is 0 Å². The zero-order valence-corrected chi connectivity index (χ0v) is 5.69. The Balaban J connectivity index is 3.53. The van der Waals surface area contributed by atoms with Crippen LogP contribution in [0.5, 0.6) is 0 Å². The van der Waals surface area contributed by atoms with Crippen LogP contribution in [0.3, 0.4) is 0 Å². The Bertz CT molecular complexity index is 172. The number of hydrogen-bond donors (Lipinski definition) is 2. The number of carboxylic acid groups (broad SMARTS) is 1. The smallest absolute Gasteiger partial charge is 0.331 e. The van der Waals surface area contributed by atoms with Gasteiger partial charge in [0, 0.05) is 0 Å². The van der Waals surface area contributed by atoms with Gasteiger partial charge in [-0.3, -0.25) is 4.79 Å². The highest BCUT2D eigenvalue weighted by molar-refractivity contribution is 5.80. The molecule has 0 bridgehead atoms. The molecular formula is C6H8O5. The Hall–Kier alpha value is -1.36. The molecule has 62 valence electrons. The molecule has 0 heterocycles. The number of ether oxygens (including phenoxy) is 1. The second-order valence-corrected chi connectivity index (χ2v) is 1.60. The van der Waals surface area contributed by atoms with Gasteiger partial charge in [-0.1, -0.05) is 0 Å². The van der Waals surface area contributed by atoms with Crippen molar-refractivity contribution in [1.29, 1.82) is 0 Å². The summed E-state index contributed by atoms with van der Waals surface area (Å²) < 4.78 is 4.23. The van der Waals surface area contributed by atoms with Gasteiger partial charge in [-0.15, -0.1) is 0 Å². The number of carbonyl (C=O) groups is 2. The number of carboxylic acids is 1. The lowest BCUT2D eigenvalue weighted by atomic mass is 10.5. The molecule has 5 heteroatoms. The third kappa shape index (κ3) is 6.53. The van der Waals surface area contributed by atoms with Crippen LogP contribution in [0.4, 0.5) is 0 Å². The molecule has 0 saturated heterocycles. The molecule has 2 N–H and O–H groups in total. The van der Waals surface area contributed by atoms with Crippen molar-refractivity contribution >= 4 is 11.9 Å². The first-order valence-corrected chi connectivity index (χ1v) is 2.86. The van der Waals surface area contributed by atoms with Crippen molar-refractivity contribution in [2.75, 3.05) is 6.61 Å². The van der Waals surface area contributed by atoms with Crippen molar-refractivity contribution in [3.8, 4) is 0 Å². The summed E-state index contributed by atoms with van der Waals surface area (Å²) in [5.74, 6) is -1.85. The molecule has 0 radical (unpaired) electrons. The van der Waals surface area contributed by atoms with Gasteiger partial charge >= 0.3 is 11.9 Å². The van der Waals surface area contributed by atoms with E-state index in [2.05, 4.69) is 4.74 Å². The Kier molecular flexibility index (Phi) is 4.76. The SMILES string of the molecule is O=C(O)/C=C/OC(=O)CCO. The van der Waals surface area contributed by atoms with E-state index >= 15 is 0 Å². The molecule has 0 aliphatic carbocycles. The van der Waals surface area contributed by atoms with Crippen LogP contribution in [0.1, 0.15) is 6.42 Å². The zero-order chi connectivity index (χ0) is 8.69. The minimum atomic E-state index is -1.19. The second kappa shape index (κ2) is 5.43. The molecule has 5 nitrogen and oxygen atoms in total. The second-order valence-electron chi connectivity index (χ2n) is 1.60. The lowest BCUT2D eigenvalue weighted by Crippen LogP contribution is -2.02. The molecule has 11 heavy (non-hydrogen) atoms. The normalized spacial score (nSPS) is 9.91. The molecule has 0 amide bonds.